The van der Waals surface area contributed by atoms with Crippen LogP contribution in [0.3, 0.4) is 0 Å². The van der Waals surface area contributed by atoms with Gasteiger partial charge in [-0.05, 0) is 12.1 Å². The molecule has 2 aromatic heterocycles. The average Bonchev–Trinajstić information content (AvgIpc) is 2.67. The Morgan fingerprint density at radius 1 is 1.33 bits per heavy atom. The minimum atomic E-state index is 0. The number of pyridine rings is 1. The molecule has 0 saturated carbocycles. The predicted octanol–water partition coefficient (Wildman–Crippen LogP) is 3.44. The van der Waals surface area contributed by atoms with E-state index in [1.54, 1.807) is 12.4 Å². The number of thiazole rings is 1. The van der Waals surface area contributed by atoms with Gasteiger partial charge in [0.25, 0.3) is 0 Å². The first-order valence-electron chi connectivity index (χ1n) is 4.07. The third kappa shape index (κ3) is 3.34. The Morgan fingerprint density at radius 3 is 2.80 bits per heavy atom. The van der Waals surface area contributed by atoms with Crippen molar-refractivity contribution in [3.8, 4) is 0 Å². The normalized spacial score (nSPS) is 9.40. The van der Waals surface area contributed by atoms with Gasteiger partial charge < -0.3 is 5.32 Å². The van der Waals surface area contributed by atoms with E-state index >= 15 is 0 Å². The molecule has 0 aromatic carbocycles. The van der Waals surface area contributed by atoms with E-state index in [0.29, 0.717) is 5.88 Å². The maximum atomic E-state index is 5.67. The lowest BCUT2D eigenvalue weighted by atomic mass is 10.5. The highest BCUT2D eigenvalue weighted by atomic mass is 35.5. The highest BCUT2D eigenvalue weighted by molar-refractivity contribution is 7.15. The molecular formula is C9H9Cl2N3S. The first-order chi connectivity index (χ1) is 6.88. The molecule has 0 aliphatic rings. The monoisotopic (exact) mass is 261 g/mol. The number of rotatable bonds is 3. The van der Waals surface area contributed by atoms with E-state index in [4.69, 9.17) is 11.6 Å². The van der Waals surface area contributed by atoms with Gasteiger partial charge in [-0.1, -0.05) is 6.07 Å². The topological polar surface area (TPSA) is 37.8 Å². The molecule has 0 radical (unpaired) electrons. The molecule has 3 nitrogen and oxygen atoms in total. The third-order valence-corrected chi connectivity index (χ3v) is 2.94. The van der Waals surface area contributed by atoms with Crippen molar-refractivity contribution in [3.63, 3.8) is 0 Å². The number of nitrogens with zero attached hydrogens (tertiary/aromatic N) is 2. The van der Waals surface area contributed by atoms with Gasteiger partial charge in [-0.2, -0.15) is 0 Å². The molecule has 0 aliphatic carbocycles. The summed E-state index contributed by atoms with van der Waals surface area (Å²) in [4.78, 5) is 9.34. The van der Waals surface area contributed by atoms with Crippen molar-refractivity contribution in [1.29, 1.82) is 0 Å². The first-order valence-corrected chi connectivity index (χ1v) is 5.42. The number of halogens is 2. The summed E-state index contributed by atoms with van der Waals surface area (Å²) >= 11 is 7.20. The minimum Gasteiger partial charge on any atom is -0.316 e. The zero-order valence-electron chi connectivity index (χ0n) is 7.68. The van der Waals surface area contributed by atoms with Crippen molar-refractivity contribution in [2.45, 2.75) is 5.88 Å². The van der Waals surface area contributed by atoms with Gasteiger partial charge in [0, 0.05) is 17.3 Å². The number of nitrogens with one attached hydrogen (secondary N) is 1. The lowest BCUT2D eigenvalue weighted by Gasteiger charge is -1.98. The molecule has 0 fully saturated rings. The van der Waals surface area contributed by atoms with Gasteiger partial charge in [-0.3, -0.25) is 0 Å². The van der Waals surface area contributed by atoms with Crippen LogP contribution in [0, 0.1) is 0 Å². The van der Waals surface area contributed by atoms with E-state index in [1.165, 1.54) is 11.3 Å². The molecule has 0 unspecified atom stereocenters. The molecule has 0 spiro atoms. The highest BCUT2D eigenvalue weighted by Gasteiger charge is 2.00. The Hall–Kier alpha value is -0.840. The van der Waals surface area contributed by atoms with E-state index in [0.717, 1.165) is 15.8 Å². The largest absolute Gasteiger partial charge is 0.316 e. The van der Waals surface area contributed by atoms with Crippen LogP contribution in [0.2, 0.25) is 0 Å². The van der Waals surface area contributed by atoms with Crippen LogP contribution in [0.1, 0.15) is 4.88 Å². The summed E-state index contributed by atoms with van der Waals surface area (Å²) in [6.07, 6.45) is 3.50. The molecule has 0 atom stereocenters. The smallest absolute Gasteiger partial charge is 0.188 e. The van der Waals surface area contributed by atoms with Crippen LogP contribution in [0.15, 0.2) is 30.6 Å². The van der Waals surface area contributed by atoms with Crippen LogP contribution in [0.25, 0.3) is 0 Å². The molecule has 80 valence electrons. The Bertz CT molecular complexity index is 405. The predicted molar refractivity (Wildman–Crippen MR) is 66.4 cm³/mol. The fourth-order valence-electron chi connectivity index (χ4n) is 0.973. The van der Waals surface area contributed by atoms with Crippen LogP contribution < -0.4 is 5.32 Å². The van der Waals surface area contributed by atoms with Gasteiger partial charge in [0.05, 0.1) is 5.88 Å². The van der Waals surface area contributed by atoms with Crippen molar-refractivity contribution in [1.82, 2.24) is 9.97 Å². The standard InChI is InChI=1S/C9H8ClN3S.ClH/c10-5-7-6-12-9(14-7)13-8-3-1-2-4-11-8;/h1-4,6H,5H2,(H,11,12,13);1H. The summed E-state index contributed by atoms with van der Waals surface area (Å²) in [6, 6.07) is 5.68. The Balaban J connectivity index is 0.00000112. The molecule has 2 heterocycles. The van der Waals surface area contributed by atoms with Crippen molar-refractivity contribution in [2.24, 2.45) is 0 Å². The minimum absolute atomic E-state index is 0. The summed E-state index contributed by atoms with van der Waals surface area (Å²) in [5.74, 6) is 1.30. The van der Waals surface area contributed by atoms with Crippen LogP contribution in [0.4, 0.5) is 10.9 Å². The average molecular weight is 262 g/mol. The SMILES string of the molecule is Cl.ClCc1cnc(Nc2ccccn2)s1. The van der Waals surface area contributed by atoms with E-state index in [-0.39, 0.29) is 12.4 Å². The van der Waals surface area contributed by atoms with Crippen molar-refractivity contribution in [3.05, 3.63) is 35.5 Å². The zero-order chi connectivity index (χ0) is 9.80. The number of alkyl halides is 1. The van der Waals surface area contributed by atoms with Crippen molar-refractivity contribution in [2.75, 3.05) is 5.32 Å². The number of hydrogen-bond donors (Lipinski definition) is 1. The maximum Gasteiger partial charge on any atom is 0.188 e. The molecule has 1 N–H and O–H groups in total. The van der Waals surface area contributed by atoms with Gasteiger partial charge in [-0.15, -0.1) is 35.3 Å². The molecule has 6 heteroatoms. The van der Waals surface area contributed by atoms with Gasteiger partial charge in [0.2, 0.25) is 0 Å². The van der Waals surface area contributed by atoms with Gasteiger partial charge in [0.15, 0.2) is 5.13 Å². The number of aromatic nitrogens is 2. The lowest BCUT2D eigenvalue weighted by molar-refractivity contribution is 1.28. The molecule has 0 bridgehead atoms. The van der Waals surface area contributed by atoms with Gasteiger partial charge in [-0.25, -0.2) is 9.97 Å². The lowest BCUT2D eigenvalue weighted by Crippen LogP contribution is -1.90. The Morgan fingerprint density at radius 2 is 2.20 bits per heavy atom. The van der Waals surface area contributed by atoms with Crippen LogP contribution >= 0.6 is 35.3 Å². The second-order valence-electron chi connectivity index (χ2n) is 2.61. The fraction of sp³-hybridized carbons (Fsp3) is 0.111. The first kappa shape index (κ1) is 12.2. The molecule has 0 amide bonds. The number of anilines is 2. The van der Waals surface area contributed by atoms with Crippen molar-refractivity contribution >= 4 is 46.3 Å². The second-order valence-corrected chi connectivity index (χ2v) is 3.99. The Labute approximate surface area is 103 Å². The quantitative estimate of drug-likeness (QED) is 0.861. The van der Waals surface area contributed by atoms with Crippen LogP contribution in [0.5, 0.6) is 0 Å². The summed E-state index contributed by atoms with van der Waals surface area (Å²) in [7, 11) is 0. The van der Waals surface area contributed by atoms with Gasteiger partial charge in [0.1, 0.15) is 5.82 Å². The maximum absolute atomic E-state index is 5.67. The molecule has 0 aliphatic heterocycles. The van der Waals surface area contributed by atoms with E-state index in [1.807, 2.05) is 18.2 Å². The highest BCUT2D eigenvalue weighted by Crippen LogP contribution is 2.22. The molecule has 0 saturated heterocycles. The zero-order valence-corrected chi connectivity index (χ0v) is 10.1. The molecule has 2 rings (SSSR count). The van der Waals surface area contributed by atoms with E-state index < -0.39 is 0 Å². The molecule has 15 heavy (non-hydrogen) atoms. The van der Waals surface area contributed by atoms with Crippen molar-refractivity contribution < 1.29 is 0 Å². The van der Waals surface area contributed by atoms with E-state index in [9.17, 15) is 0 Å². The summed E-state index contributed by atoms with van der Waals surface area (Å²) < 4.78 is 0. The summed E-state index contributed by atoms with van der Waals surface area (Å²) in [5.41, 5.74) is 0. The fourth-order valence-corrected chi connectivity index (χ4v) is 1.88. The second kappa shape index (κ2) is 5.90. The number of hydrogen-bond acceptors (Lipinski definition) is 4. The third-order valence-electron chi connectivity index (χ3n) is 1.59. The molecule has 2 aromatic rings. The van der Waals surface area contributed by atoms with Crippen LogP contribution in [-0.4, -0.2) is 9.97 Å². The summed E-state index contributed by atoms with van der Waals surface area (Å²) in [6.45, 7) is 0. The summed E-state index contributed by atoms with van der Waals surface area (Å²) in [5, 5.41) is 3.92. The molecular weight excluding hydrogens is 253 g/mol. The van der Waals surface area contributed by atoms with E-state index in [2.05, 4.69) is 15.3 Å². The van der Waals surface area contributed by atoms with Crippen LogP contribution in [-0.2, 0) is 5.88 Å². The van der Waals surface area contributed by atoms with Gasteiger partial charge >= 0.3 is 0 Å². The Kier molecular flexibility index (Phi) is 4.81.